The molecule has 15 heavy (non-hydrogen) atoms. The summed E-state index contributed by atoms with van der Waals surface area (Å²) in [4.78, 5) is 8.70. The van der Waals surface area contributed by atoms with Gasteiger partial charge in [0, 0.05) is 12.8 Å². The summed E-state index contributed by atoms with van der Waals surface area (Å²) in [5.41, 5.74) is 0.999. The van der Waals surface area contributed by atoms with Gasteiger partial charge in [-0.3, -0.25) is 4.99 Å². The van der Waals surface area contributed by atoms with Crippen LogP contribution >= 0.6 is 0 Å². The molecule has 1 heterocycles. The van der Waals surface area contributed by atoms with E-state index in [0.717, 1.165) is 12.2 Å². The van der Waals surface area contributed by atoms with E-state index >= 15 is 0 Å². The monoisotopic (exact) mass is 260 g/mol. The summed E-state index contributed by atoms with van der Waals surface area (Å²) in [5.74, 6) is 0. The standard InChI is InChI=1S/C10H17N2Si.CH3.Cr/c1-5-11-8-9-6-7-10(12-9)13(2,3)4;;/h6-8H,5H2,1-4H3;1H3;/q2*-1;+2. The molecule has 0 atom stereocenters. The molecule has 0 radical (unpaired) electrons. The second-order valence-corrected chi connectivity index (χ2v) is 9.15. The summed E-state index contributed by atoms with van der Waals surface area (Å²) >= 11 is 0. The van der Waals surface area contributed by atoms with Gasteiger partial charge in [-0.1, -0.05) is 31.8 Å². The summed E-state index contributed by atoms with van der Waals surface area (Å²) in [5, 5.41) is 1.27. The third-order valence-corrected chi connectivity index (χ3v) is 3.65. The zero-order valence-electron chi connectivity index (χ0n) is 10.2. The van der Waals surface area contributed by atoms with Crippen molar-refractivity contribution in [2.45, 2.75) is 26.6 Å². The zero-order valence-corrected chi connectivity index (χ0v) is 12.5. The molecule has 0 bridgehead atoms. The number of aliphatic imine (C=N–C) groups is 1. The second kappa shape index (κ2) is 7.05. The van der Waals surface area contributed by atoms with Crippen molar-refractivity contribution in [3.8, 4) is 0 Å². The van der Waals surface area contributed by atoms with E-state index in [1.165, 1.54) is 5.32 Å². The molecule has 1 rings (SSSR count). The molecule has 0 spiro atoms. The number of hydrogen-bond acceptors (Lipinski definition) is 1. The van der Waals surface area contributed by atoms with Crippen molar-refractivity contribution in [3.63, 3.8) is 0 Å². The van der Waals surface area contributed by atoms with E-state index in [2.05, 4.69) is 35.7 Å². The number of rotatable bonds is 3. The summed E-state index contributed by atoms with van der Waals surface area (Å²) in [7, 11) is -1.22. The second-order valence-electron chi connectivity index (χ2n) is 4.13. The number of aromatic nitrogens is 1. The van der Waals surface area contributed by atoms with Crippen LogP contribution in [-0.4, -0.2) is 20.8 Å². The van der Waals surface area contributed by atoms with Crippen LogP contribution in [0.25, 0.3) is 0 Å². The van der Waals surface area contributed by atoms with Crippen molar-refractivity contribution in [1.82, 2.24) is 4.98 Å². The Labute approximate surface area is 105 Å². The van der Waals surface area contributed by atoms with Crippen LogP contribution < -0.4 is 10.3 Å². The quantitative estimate of drug-likeness (QED) is 0.464. The molecule has 0 N–H and O–H groups in total. The fourth-order valence-electron chi connectivity index (χ4n) is 1.05. The molecule has 1 aromatic heterocycles. The van der Waals surface area contributed by atoms with Gasteiger partial charge < -0.3 is 12.4 Å². The molecule has 84 valence electrons. The fourth-order valence-corrected chi connectivity index (χ4v) is 2.10. The summed E-state index contributed by atoms with van der Waals surface area (Å²) in [6, 6.07) is 4.18. The first-order valence-corrected chi connectivity index (χ1v) is 8.18. The Hall–Kier alpha value is -0.301. The molecule has 0 amide bonds. The predicted molar refractivity (Wildman–Crippen MR) is 67.3 cm³/mol. The fraction of sp³-hybridized carbons (Fsp3) is 0.455. The third kappa shape index (κ3) is 5.36. The predicted octanol–water partition coefficient (Wildman–Crippen LogP) is 2.08. The summed E-state index contributed by atoms with van der Waals surface area (Å²) in [6.45, 7) is 9.76. The molecule has 0 unspecified atom stereocenters. The molecular weight excluding hydrogens is 240 g/mol. The Kier molecular flexibility index (Phi) is 8.04. The van der Waals surface area contributed by atoms with Crippen molar-refractivity contribution >= 4 is 19.6 Å². The van der Waals surface area contributed by atoms with E-state index in [4.69, 9.17) is 0 Å². The summed E-state index contributed by atoms with van der Waals surface area (Å²) < 4.78 is 0. The maximum atomic E-state index is 4.53. The van der Waals surface area contributed by atoms with E-state index in [1.54, 1.807) is 0 Å². The number of hydrogen-bond donors (Lipinski definition) is 0. The Morgan fingerprint density at radius 3 is 2.33 bits per heavy atom. The van der Waals surface area contributed by atoms with Crippen molar-refractivity contribution in [3.05, 3.63) is 25.3 Å². The average molecular weight is 260 g/mol. The first kappa shape index (κ1) is 17.1. The molecule has 0 saturated heterocycles. The van der Waals surface area contributed by atoms with Gasteiger partial charge in [-0.2, -0.15) is 5.32 Å². The molecule has 0 aliphatic carbocycles. The van der Waals surface area contributed by atoms with E-state index in [0.29, 0.717) is 0 Å². The van der Waals surface area contributed by atoms with Crippen LogP contribution in [0.1, 0.15) is 12.6 Å². The normalized spacial score (nSPS) is 10.9. The molecule has 0 aliphatic heterocycles. The largest absolute Gasteiger partial charge is 2.00 e. The van der Waals surface area contributed by atoms with Gasteiger partial charge in [-0.25, -0.2) is 0 Å². The van der Waals surface area contributed by atoms with E-state index in [1.807, 2.05) is 19.2 Å². The summed E-state index contributed by atoms with van der Waals surface area (Å²) in [6.07, 6.45) is 1.85. The van der Waals surface area contributed by atoms with Crippen molar-refractivity contribution in [2.75, 3.05) is 6.54 Å². The zero-order chi connectivity index (χ0) is 9.90. The van der Waals surface area contributed by atoms with Gasteiger partial charge in [0.25, 0.3) is 0 Å². The maximum Gasteiger partial charge on any atom is 2.00 e. The average Bonchev–Trinajstić information content (AvgIpc) is 2.47. The van der Waals surface area contributed by atoms with E-state index < -0.39 is 8.07 Å². The molecule has 0 saturated carbocycles. The van der Waals surface area contributed by atoms with Crippen LogP contribution in [0, 0.1) is 7.43 Å². The molecule has 0 aromatic carbocycles. The number of nitrogens with zero attached hydrogens (tertiary/aromatic N) is 2. The molecule has 0 aliphatic rings. The van der Waals surface area contributed by atoms with E-state index in [-0.39, 0.29) is 24.8 Å². The van der Waals surface area contributed by atoms with Gasteiger partial charge in [0.15, 0.2) is 0 Å². The van der Waals surface area contributed by atoms with Crippen LogP contribution in [0.4, 0.5) is 0 Å². The van der Waals surface area contributed by atoms with Gasteiger partial charge in [-0.05, 0) is 6.92 Å². The minimum Gasteiger partial charge on any atom is -0.663 e. The minimum absolute atomic E-state index is 0. The smallest absolute Gasteiger partial charge is 0.663 e. The minimum atomic E-state index is -1.22. The SMILES string of the molecule is CCN=Cc1ccc([Si](C)(C)C)[n-]1.[CH3-].[Cr+2]. The van der Waals surface area contributed by atoms with Crippen LogP contribution in [0.2, 0.25) is 19.6 Å². The topological polar surface area (TPSA) is 26.5 Å². The molecule has 1 aromatic rings. The molecule has 0 fully saturated rings. The Morgan fingerprint density at radius 2 is 1.93 bits per heavy atom. The van der Waals surface area contributed by atoms with Crippen LogP contribution in [0.15, 0.2) is 17.1 Å². The first-order valence-electron chi connectivity index (χ1n) is 4.68. The molecule has 4 heteroatoms. The Morgan fingerprint density at radius 1 is 1.33 bits per heavy atom. The van der Waals surface area contributed by atoms with Crippen LogP contribution in [0.5, 0.6) is 0 Å². The molecule has 2 nitrogen and oxygen atoms in total. The van der Waals surface area contributed by atoms with Crippen LogP contribution in [-0.2, 0) is 17.4 Å². The van der Waals surface area contributed by atoms with E-state index in [9.17, 15) is 0 Å². The van der Waals surface area contributed by atoms with Crippen molar-refractivity contribution in [1.29, 1.82) is 0 Å². The van der Waals surface area contributed by atoms with Gasteiger partial charge in [0.1, 0.15) is 0 Å². The third-order valence-electron chi connectivity index (χ3n) is 1.84. The van der Waals surface area contributed by atoms with Gasteiger partial charge in [-0.15, -0.1) is 5.69 Å². The Bertz CT molecular complexity index is 300. The van der Waals surface area contributed by atoms with Crippen LogP contribution in [0.3, 0.4) is 0 Å². The van der Waals surface area contributed by atoms with Gasteiger partial charge in [0.05, 0.1) is 8.07 Å². The van der Waals surface area contributed by atoms with Crippen molar-refractivity contribution in [2.24, 2.45) is 4.99 Å². The van der Waals surface area contributed by atoms with Crippen molar-refractivity contribution < 1.29 is 17.4 Å². The van der Waals surface area contributed by atoms with Gasteiger partial charge >= 0.3 is 17.4 Å². The van der Waals surface area contributed by atoms with Gasteiger partial charge in [0.2, 0.25) is 0 Å². The maximum absolute atomic E-state index is 4.53. The first-order chi connectivity index (χ1) is 6.04. The molecular formula is C11H20CrN2Si. The Balaban J connectivity index is 0.